The average Bonchev–Trinajstić information content (AvgIpc) is 2.16. The summed E-state index contributed by atoms with van der Waals surface area (Å²) >= 11 is 2.34. The summed E-state index contributed by atoms with van der Waals surface area (Å²) in [5.74, 6) is 0. The van der Waals surface area contributed by atoms with E-state index in [0.29, 0.717) is 0 Å². The first-order valence-corrected chi connectivity index (χ1v) is 5.34. The number of halogens is 3. The van der Waals surface area contributed by atoms with Crippen LogP contribution in [0.5, 0.6) is 0 Å². The van der Waals surface area contributed by atoms with Gasteiger partial charge < -0.3 is 4.74 Å². The van der Waals surface area contributed by atoms with Crippen molar-refractivity contribution in [3.05, 3.63) is 35.9 Å². The van der Waals surface area contributed by atoms with Gasteiger partial charge in [0.25, 0.3) is 0 Å². The zero-order valence-electron chi connectivity index (χ0n) is 8.64. The fraction of sp³-hybridized carbons (Fsp3) is 0.455. The molecule has 1 aromatic carbocycles. The first-order chi connectivity index (χ1) is 6.87. The van der Waals surface area contributed by atoms with Crippen LogP contribution in [0.3, 0.4) is 0 Å². The van der Waals surface area contributed by atoms with Gasteiger partial charge in [-0.3, -0.25) is 0 Å². The minimum atomic E-state index is -2.92. The van der Waals surface area contributed by atoms with Gasteiger partial charge in [0.15, 0.2) is 0 Å². The van der Waals surface area contributed by atoms with Crippen LogP contribution in [-0.2, 0) is 10.3 Å². The lowest BCUT2D eigenvalue weighted by Gasteiger charge is -2.30. The Balaban J connectivity index is 2.96. The monoisotopic (exact) mass is 278 g/mol. The lowest BCUT2D eigenvalue weighted by atomic mass is 9.92. The molecule has 1 unspecified atom stereocenters. The van der Waals surface area contributed by atoms with E-state index in [4.69, 9.17) is 4.74 Å². The molecule has 0 aliphatic rings. The minimum Gasteiger partial charge on any atom is -0.374 e. The highest BCUT2D eigenvalue weighted by Gasteiger charge is 2.38. The Morgan fingerprint density at radius 3 is 2.20 bits per heavy atom. The molecule has 1 nitrogen and oxygen atoms in total. The second kappa shape index (κ2) is 4.58. The average molecular weight is 279 g/mol. The molecule has 0 saturated carbocycles. The summed E-state index contributed by atoms with van der Waals surface area (Å²) in [6.45, 7) is 1.65. The van der Waals surface area contributed by atoms with E-state index in [1.807, 2.05) is 6.07 Å². The fourth-order valence-electron chi connectivity index (χ4n) is 1.47. The molecule has 0 saturated heterocycles. The van der Waals surface area contributed by atoms with Gasteiger partial charge in [-0.1, -0.05) is 30.3 Å². The maximum atomic E-state index is 12.9. The molecule has 0 spiro atoms. The molecule has 1 aromatic rings. The second-order valence-electron chi connectivity index (χ2n) is 3.59. The Labute approximate surface area is 96.6 Å². The fourth-order valence-corrected chi connectivity index (χ4v) is 2.00. The van der Waals surface area contributed by atoms with Crippen molar-refractivity contribution in [2.75, 3.05) is 7.11 Å². The Morgan fingerprint density at radius 2 is 1.80 bits per heavy atom. The topological polar surface area (TPSA) is 9.23 Å². The van der Waals surface area contributed by atoms with Crippen molar-refractivity contribution < 1.29 is 13.5 Å². The predicted octanol–water partition coefficient (Wildman–Crippen LogP) is 3.93. The third kappa shape index (κ3) is 3.54. The zero-order chi connectivity index (χ0) is 11.5. The number of rotatable bonds is 4. The molecule has 0 aliphatic carbocycles. The quantitative estimate of drug-likeness (QED) is 0.759. The van der Waals surface area contributed by atoms with Gasteiger partial charge in [0, 0.05) is 7.11 Å². The normalized spacial score (nSPS) is 16.1. The molecule has 0 aliphatic heterocycles. The van der Waals surface area contributed by atoms with Crippen LogP contribution in [0.2, 0.25) is 0 Å². The van der Waals surface area contributed by atoms with E-state index in [1.54, 1.807) is 31.2 Å². The Kier molecular flexibility index (Phi) is 3.84. The van der Waals surface area contributed by atoms with Gasteiger partial charge in [-0.2, -0.15) is 8.78 Å². The minimum absolute atomic E-state index is 0.402. The number of methoxy groups -OCH3 is 1. The molecule has 4 heteroatoms. The van der Waals surface area contributed by atoms with Crippen LogP contribution in [-0.4, -0.2) is 11.9 Å². The molecule has 15 heavy (non-hydrogen) atoms. The van der Waals surface area contributed by atoms with Crippen molar-refractivity contribution in [2.24, 2.45) is 0 Å². The highest BCUT2D eigenvalue weighted by Crippen LogP contribution is 2.39. The molecular weight excluding hydrogens is 266 g/mol. The lowest BCUT2D eigenvalue weighted by Crippen LogP contribution is -2.30. The van der Waals surface area contributed by atoms with E-state index < -0.39 is 16.9 Å². The molecule has 0 aromatic heterocycles. The number of ether oxygens (including phenoxy) is 1. The highest BCUT2D eigenvalue weighted by atomic mass is 79.9. The molecule has 0 bridgehead atoms. The molecule has 1 atom stereocenters. The van der Waals surface area contributed by atoms with E-state index >= 15 is 0 Å². The summed E-state index contributed by atoms with van der Waals surface area (Å²) in [6.07, 6.45) is -0.402. The Bertz CT molecular complexity index is 310. The largest absolute Gasteiger partial charge is 0.374 e. The van der Waals surface area contributed by atoms with Crippen LogP contribution in [0, 0.1) is 0 Å². The van der Waals surface area contributed by atoms with Crippen molar-refractivity contribution in [2.45, 2.75) is 23.8 Å². The van der Waals surface area contributed by atoms with Crippen LogP contribution >= 0.6 is 15.9 Å². The van der Waals surface area contributed by atoms with Gasteiger partial charge in [-0.05, 0) is 28.4 Å². The lowest BCUT2D eigenvalue weighted by molar-refractivity contribution is -0.0568. The first kappa shape index (κ1) is 12.6. The van der Waals surface area contributed by atoms with Crippen molar-refractivity contribution >= 4 is 15.9 Å². The third-order valence-corrected chi connectivity index (χ3v) is 2.65. The molecule has 0 heterocycles. The summed E-state index contributed by atoms with van der Waals surface area (Å²) in [5, 5.41) is 0. The SMILES string of the molecule is COC(C)(CC(F)(F)Br)c1ccccc1. The van der Waals surface area contributed by atoms with Crippen LogP contribution < -0.4 is 0 Å². The number of hydrogen-bond donors (Lipinski definition) is 0. The summed E-state index contributed by atoms with van der Waals surface area (Å²) < 4.78 is 31.0. The molecular formula is C11H13BrF2O. The molecule has 1 rings (SSSR count). The summed E-state index contributed by atoms with van der Waals surface area (Å²) in [4.78, 5) is -2.92. The van der Waals surface area contributed by atoms with Crippen LogP contribution in [0.1, 0.15) is 18.9 Å². The van der Waals surface area contributed by atoms with Crippen LogP contribution in [0.15, 0.2) is 30.3 Å². The maximum Gasteiger partial charge on any atom is 0.304 e. The molecule has 0 radical (unpaired) electrons. The molecule has 0 amide bonds. The number of benzene rings is 1. The van der Waals surface area contributed by atoms with Crippen LogP contribution in [0.4, 0.5) is 8.78 Å². The van der Waals surface area contributed by atoms with Gasteiger partial charge in [-0.15, -0.1) is 0 Å². The van der Waals surface area contributed by atoms with E-state index in [9.17, 15) is 8.78 Å². The summed E-state index contributed by atoms with van der Waals surface area (Å²) in [5.41, 5.74) is -0.236. The second-order valence-corrected chi connectivity index (χ2v) is 4.75. The standard InChI is InChI=1S/C11H13BrF2O/c1-10(15-2,8-11(12,13)14)9-6-4-3-5-7-9/h3-7H,8H2,1-2H3. The molecule has 84 valence electrons. The molecule has 0 fully saturated rings. The summed E-state index contributed by atoms with van der Waals surface area (Å²) in [6, 6.07) is 9.01. The first-order valence-electron chi connectivity index (χ1n) is 4.55. The Hall–Kier alpha value is -0.480. The van der Waals surface area contributed by atoms with Gasteiger partial charge >= 0.3 is 4.83 Å². The van der Waals surface area contributed by atoms with E-state index in [-0.39, 0.29) is 0 Å². The van der Waals surface area contributed by atoms with Crippen LogP contribution in [0.25, 0.3) is 0 Å². The van der Waals surface area contributed by atoms with Gasteiger partial charge in [-0.25, -0.2) is 0 Å². The van der Waals surface area contributed by atoms with E-state index in [1.165, 1.54) is 7.11 Å². The van der Waals surface area contributed by atoms with E-state index in [2.05, 4.69) is 15.9 Å². The van der Waals surface area contributed by atoms with Crippen molar-refractivity contribution in [3.63, 3.8) is 0 Å². The van der Waals surface area contributed by atoms with Crippen molar-refractivity contribution in [1.82, 2.24) is 0 Å². The van der Waals surface area contributed by atoms with Gasteiger partial charge in [0.2, 0.25) is 0 Å². The molecule has 0 N–H and O–H groups in total. The van der Waals surface area contributed by atoms with Gasteiger partial charge in [0.1, 0.15) is 0 Å². The van der Waals surface area contributed by atoms with Crippen molar-refractivity contribution in [1.29, 1.82) is 0 Å². The smallest absolute Gasteiger partial charge is 0.304 e. The van der Waals surface area contributed by atoms with Gasteiger partial charge in [0.05, 0.1) is 12.0 Å². The zero-order valence-corrected chi connectivity index (χ0v) is 10.2. The van der Waals surface area contributed by atoms with Crippen molar-refractivity contribution in [3.8, 4) is 0 Å². The predicted molar refractivity (Wildman–Crippen MR) is 59.3 cm³/mol. The highest BCUT2D eigenvalue weighted by molar-refractivity contribution is 9.10. The third-order valence-electron chi connectivity index (χ3n) is 2.37. The number of alkyl halides is 3. The van der Waals surface area contributed by atoms with E-state index in [0.717, 1.165) is 5.56 Å². The maximum absolute atomic E-state index is 12.9. The number of hydrogen-bond acceptors (Lipinski definition) is 1. The Morgan fingerprint density at radius 1 is 1.27 bits per heavy atom. The summed E-state index contributed by atoms with van der Waals surface area (Å²) in [7, 11) is 1.44.